The molecule has 0 aromatic rings. The van der Waals surface area contributed by atoms with Crippen molar-refractivity contribution >= 4 is 5.78 Å². The number of fused-ring (bicyclic) bond motifs is 2. The highest BCUT2D eigenvalue weighted by atomic mass is 16.5. The normalized spacial score (nSPS) is 40.1. The van der Waals surface area contributed by atoms with Gasteiger partial charge >= 0.3 is 0 Å². The molecular weight excluding hydrogens is 238 g/mol. The highest BCUT2D eigenvalue weighted by Gasteiger charge is 2.37. The van der Waals surface area contributed by atoms with Gasteiger partial charge in [0.05, 0.1) is 12.2 Å². The van der Waals surface area contributed by atoms with Crippen LogP contribution >= 0.6 is 0 Å². The number of morpholine rings is 1. The molecule has 1 saturated carbocycles. The van der Waals surface area contributed by atoms with Gasteiger partial charge in [-0.3, -0.25) is 9.69 Å². The summed E-state index contributed by atoms with van der Waals surface area (Å²) in [6.45, 7) is 7.68. The van der Waals surface area contributed by atoms with Crippen LogP contribution in [0.2, 0.25) is 0 Å². The number of nitrogens with zero attached hydrogens (tertiary/aromatic N) is 1. The third-order valence-corrected chi connectivity index (χ3v) is 5.34. The Hall–Kier alpha value is -0.410. The van der Waals surface area contributed by atoms with Crippen molar-refractivity contribution in [3.8, 4) is 0 Å². The zero-order valence-electron chi connectivity index (χ0n) is 12.3. The van der Waals surface area contributed by atoms with E-state index in [2.05, 4.69) is 18.7 Å². The number of Topliss-reactive ketones (excluding diaryl/α,β-unsaturated/α-hetero) is 1. The smallest absolute Gasteiger partial charge is 0.137 e. The number of ketones is 1. The summed E-state index contributed by atoms with van der Waals surface area (Å²) in [4.78, 5) is 14.7. The molecule has 4 unspecified atom stereocenters. The van der Waals surface area contributed by atoms with Gasteiger partial charge in [0.1, 0.15) is 5.78 Å². The van der Waals surface area contributed by atoms with Crippen molar-refractivity contribution in [2.75, 3.05) is 19.6 Å². The number of hydrogen-bond acceptors (Lipinski definition) is 3. The van der Waals surface area contributed by atoms with Crippen LogP contribution < -0.4 is 0 Å². The van der Waals surface area contributed by atoms with Gasteiger partial charge in [-0.1, -0.05) is 13.8 Å². The molecule has 0 aromatic heterocycles. The number of carbonyl (C=O) groups is 1. The first kappa shape index (κ1) is 13.6. The van der Waals surface area contributed by atoms with Gasteiger partial charge in [-0.15, -0.1) is 0 Å². The molecule has 0 spiro atoms. The molecule has 3 rings (SSSR count). The Balaban J connectivity index is 1.57. The average molecular weight is 265 g/mol. The minimum atomic E-state index is 0.290. The number of likely N-dealkylation sites (tertiary alicyclic amines) is 1. The van der Waals surface area contributed by atoms with Crippen LogP contribution in [0.5, 0.6) is 0 Å². The summed E-state index contributed by atoms with van der Waals surface area (Å²) in [6, 6.07) is 0. The van der Waals surface area contributed by atoms with Gasteiger partial charge in [-0.2, -0.15) is 0 Å². The van der Waals surface area contributed by atoms with Gasteiger partial charge in [0, 0.05) is 32.0 Å². The zero-order chi connectivity index (χ0) is 13.4. The third-order valence-electron chi connectivity index (χ3n) is 5.34. The monoisotopic (exact) mass is 265 g/mol. The standard InChI is InChI=1S/C16H27NO2/c1-11(2)12-3-6-16(18)13(7-12)8-17-9-14-4-5-15(10-17)19-14/h11-15H,3-10H2,1-2H3. The molecule has 3 aliphatic rings. The Morgan fingerprint density at radius 3 is 2.53 bits per heavy atom. The SMILES string of the molecule is CC(C)C1CCC(=O)C(CN2CC3CCC(C2)O3)C1. The molecule has 1 aliphatic carbocycles. The molecule has 108 valence electrons. The summed E-state index contributed by atoms with van der Waals surface area (Å²) in [5.74, 6) is 2.27. The summed E-state index contributed by atoms with van der Waals surface area (Å²) in [7, 11) is 0. The highest BCUT2D eigenvalue weighted by Crippen LogP contribution is 2.33. The van der Waals surface area contributed by atoms with E-state index in [1.807, 2.05) is 0 Å². The first-order valence-corrected chi connectivity index (χ1v) is 8.02. The van der Waals surface area contributed by atoms with Crippen LogP contribution in [0.4, 0.5) is 0 Å². The van der Waals surface area contributed by atoms with E-state index < -0.39 is 0 Å². The van der Waals surface area contributed by atoms with E-state index in [-0.39, 0.29) is 0 Å². The van der Waals surface area contributed by atoms with Gasteiger partial charge in [-0.25, -0.2) is 0 Å². The summed E-state index contributed by atoms with van der Waals surface area (Å²) in [5, 5.41) is 0. The van der Waals surface area contributed by atoms with Crippen molar-refractivity contribution in [2.24, 2.45) is 17.8 Å². The van der Waals surface area contributed by atoms with Gasteiger partial charge in [0.15, 0.2) is 0 Å². The molecular formula is C16H27NO2. The van der Waals surface area contributed by atoms with Crippen molar-refractivity contribution in [2.45, 2.75) is 58.2 Å². The predicted octanol–water partition coefficient (Wildman–Crippen LogP) is 2.49. The van der Waals surface area contributed by atoms with Crippen LogP contribution in [-0.4, -0.2) is 42.5 Å². The molecule has 3 nitrogen and oxygen atoms in total. The van der Waals surface area contributed by atoms with Crippen LogP contribution in [-0.2, 0) is 9.53 Å². The van der Waals surface area contributed by atoms with E-state index in [0.29, 0.717) is 23.9 Å². The number of carbonyl (C=O) groups excluding carboxylic acids is 1. The van der Waals surface area contributed by atoms with Crippen LogP contribution in [0, 0.1) is 17.8 Å². The average Bonchev–Trinajstić information content (AvgIpc) is 2.71. The Labute approximate surface area is 116 Å². The Bertz CT molecular complexity index is 330. The quantitative estimate of drug-likeness (QED) is 0.785. The Kier molecular flexibility index (Phi) is 3.95. The van der Waals surface area contributed by atoms with Crippen molar-refractivity contribution in [3.63, 3.8) is 0 Å². The van der Waals surface area contributed by atoms with E-state index in [1.165, 1.54) is 12.8 Å². The fourth-order valence-electron chi connectivity index (χ4n) is 4.09. The highest BCUT2D eigenvalue weighted by molar-refractivity contribution is 5.82. The van der Waals surface area contributed by atoms with Crippen LogP contribution in [0.25, 0.3) is 0 Å². The predicted molar refractivity (Wildman–Crippen MR) is 75.0 cm³/mol. The van der Waals surface area contributed by atoms with Crippen molar-refractivity contribution in [1.29, 1.82) is 0 Å². The Morgan fingerprint density at radius 1 is 1.21 bits per heavy atom. The lowest BCUT2D eigenvalue weighted by molar-refractivity contribution is -0.128. The van der Waals surface area contributed by atoms with Crippen molar-refractivity contribution in [1.82, 2.24) is 4.90 Å². The fraction of sp³-hybridized carbons (Fsp3) is 0.938. The third kappa shape index (κ3) is 3.03. The number of ether oxygens (including phenoxy) is 1. The number of rotatable bonds is 3. The molecule has 0 aromatic carbocycles. The fourth-order valence-corrected chi connectivity index (χ4v) is 4.09. The summed E-state index contributed by atoms with van der Waals surface area (Å²) in [5.41, 5.74) is 0. The van der Waals surface area contributed by atoms with Crippen LogP contribution in [0.3, 0.4) is 0 Å². The molecule has 2 aliphatic heterocycles. The van der Waals surface area contributed by atoms with Gasteiger partial charge in [-0.05, 0) is 37.5 Å². The molecule has 0 radical (unpaired) electrons. The molecule has 0 N–H and O–H groups in total. The van der Waals surface area contributed by atoms with E-state index in [9.17, 15) is 4.79 Å². The van der Waals surface area contributed by atoms with Crippen molar-refractivity contribution < 1.29 is 9.53 Å². The van der Waals surface area contributed by atoms with E-state index in [0.717, 1.165) is 50.7 Å². The van der Waals surface area contributed by atoms with Gasteiger partial charge in [0.25, 0.3) is 0 Å². The number of hydrogen-bond donors (Lipinski definition) is 0. The van der Waals surface area contributed by atoms with Gasteiger partial charge in [0.2, 0.25) is 0 Å². The summed E-state index contributed by atoms with van der Waals surface area (Å²) < 4.78 is 5.88. The summed E-state index contributed by atoms with van der Waals surface area (Å²) in [6.07, 6.45) is 6.36. The molecule has 4 atom stereocenters. The molecule has 19 heavy (non-hydrogen) atoms. The van der Waals surface area contributed by atoms with Gasteiger partial charge < -0.3 is 4.74 Å². The molecule has 2 saturated heterocycles. The molecule has 0 amide bonds. The van der Waals surface area contributed by atoms with Crippen LogP contribution in [0.1, 0.15) is 46.0 Å². The maximum Gasteiger partial charge on any atom is 0.137 e. The minimum absolute atomic E-state index is 0.290. The Morgan fingerprint density at radius 2 is 1.89 bits per heavy atom. The molecule has 2 heterocycles. The lowest BCUT2D eigenvalue weighted by atomic mass is 9.75. The topological polar surface area (TPSA) is 29.5 Å². The first-order chi connectivity index (χ1) is 9.11. The second-order valence-electron chi connectivity index (χ2n) is 7.12. The molecule has 2 bridgehead atoms. The second kappa shape index (κ2) is 5.53. The lowest BCUT2D eigenvalue weighted by Crippen LogP contribution is -2.46. The minimum Gasteiger partial charge on any atom is -0.372 e. The van der Waals surface area contributed by atoms with Crippen LogP contribution in [0.15, 0.2) is 0 Å². The zero-order valence-corrected chi connectivity index (χ0v) is 12.3. The van der Waals surface area contributed by atoms with E-state index in [4.69, 9.17) is 4.74 Å². The largest absolute Gasteiger partial charge is 0.372 e. The van der Waals surface area contributed by atoms with E-state index >= 15 is 0 Å². The second-order valence-corrected chi connectivity index (χ2v) is 7.12. The lowest BCUT2D eigenvalue weighted by Gasteiger charge is -2.37. The van der Waals surface area contributed by atoms with E-state index in [1.54, 1.807) is 0 Å². The first-order valence-electron chi connectivity index (χ1n) is 8.02. The maximum absolute atomic E-state index is 12.2. The maximum atomic E-state index is 12.2. The molecule has 3 fully saturated rings. The summed E-state index contributed by atoms with van der Waals surface area (Å²) >= 11 is 0. The molecule has 3 heteroatoms. The van der Waals surface area contributed by atoms with Crippen molar-refractivity contribution in [3.05, 3.63) is 0 Å².